The Labute approximate surface area is 191 Å². The quantitative estimate of drug-likeness (QED) is 0.677. The third kappa shape index (κ3) is 6.21. The molecule has 1 saturated carbocycles. The first-order valence-electron chi connectivity index (χ1n) is 12.4. The van der Waals surface area contributed by atoms with Crippen molar-refractivity contribution in [3.8, 4) is 0 Å². The standard InChI is InChI=1S/C26H36N4O2/c31-25(13-9-18-29-19-10-16-27-29)28-17-7-3-1-2-4-8-20-30(26(32)22-14-15-22)24-12-6-5-11-23(24)21-28/h5-6,10-12,16,19,22H,1-4,7-9,13-15,17-18,20-21H2. The van der Waals surface area contributed by atoms with Crippen molar-refractivity contribution in [2.24, 2.45) is 5.92 Å². The molecule has 0 bridgehead atoms. The first kappa shape index (κ1) is 22.6. The van der Waals surface area contributed by atoms with E-state index in [4.69, 9.17) is 0 Å². The van der Waals surface area contributed by atoms with Crippen molar-refractivity contribution in [3.05, 3.63) is 48.3 Å². The first-order valence-corrected chi connectivity index (χ1v) is 12.4. The zero-order valence-electron chi connectivity index (χ0n) is 19.1. The Morgan fingerprint density at radius 1 is 0.938 bits per heavy atom. The molecule has 0 unspecified atom stereocenters. The largest absolute Gasteiger partial charge is 0.338 e. The highest BCUT2D eigenvalue weighted by Crippen LogP contribution is 2.34. The molecule has 1 aromatic heterocycles. The summed E-state index contributed by atoms with van der Waals surface area (Å²) in [4.78, 5) is 30.3. The van der Waals surface area contributed by atoms with E-state index in [1.54, 1.807) is 6.20 Å². The molecule has 172 valence electrons. The van der Waals surface area contributed by atoms with Gasteiger partial charge in [0.25, 0.3) is 0 Å². The van der Waals surface area contributed by atoms with Gasteiger partial charge in [-0.2, -0.15) is 5.10 Å². The van der Waals surface area contributed by atoms with Crippen LogP contribution in [0.15, 0.2) is 42.7 Å². The van der Waals surface area contributed by atoms with Crippen LogP contribution in [-0.4, -0.2) is 39.6 Å². The number of fused-ring (bicyclic) bond motifs is 1. The van der Waals surface area contributed by atoms with Crippen molar-refractivity contribution >= 4 is 17.5 Å². The lowest BCUT2D eigenvalue weighted by Gasteiger charge is -2.28. The van der Waals surface area contributed by atoms with Gasteiger partial charge < -0.3 is 9.80 Å². The lowest BCUT2D eigenvalue weighted by atomic mass is 10.1. The molecule has 1 aromatic carbocycles. The van der Waals surface area contributed by atoms with Crippen LogP contribution < -0.4 is 4.90 Å². The van der Waals surface area contributed by atoms with Gasteiger partial charge in [-0.3, -0.25) is 14.3 Å². The fourth-order valence-corrected chi connectivity index (χ4v) is 4.57. The molecule has 2 heterocycles. The smallest absolute Gasteiger partial charge is 0.230 e. The second-order valence-corrected chi connectivity index (χ2v) is 9.20. The zero-order chi connectivity index (χ0) is 22.2. The van der Waals surface area contributed by atoms with Crippen molar-refractivity contribution in [1.82, 2.24) is 14.7 Å². The number of nitrogens with zero attached hydrogens (tertiary/aromatic N) is 4. The van der Waals surface area contributed by atoms with Crippen LogP contribution in [0.5, 0.6) is 0 Å². The number of hydrogen-bond donors (Lipinski definition) is 0. The molecule has 0 radical (unpaired) electrons. The van der Waals surface area contributed by atoms with E-state index >= 15 is 0 Å². The van der Waals surface area contributed by atoms with Gasteiger partial charge >= 0.3 is 0 Å². The van der Waals surface area contributed by atoms with E-state index in [1.807, 2.05) is 38.9 Å². The number of anilines is 1. The number of aryl methyl sites for hydroxylation is 1. The Kier molecular flexibility index (Phi) is 7.97. The zero-order valence-corrected chi connectivity index (χ0v) is 19.1. The van der Waals surface area contributed by atoms with Gasteiger partial charge in [0.1, 0.15) is 0 Å². The number of benzene rings is 1. The Balaban J connectivity index is 1.50. The van der Waals surface area contributed by atoms with E-state index in [2.05, 4.69) is 17.2 Å². The van der Waals surface area contributed by atoms with E-state index in [-0.39, 0.29) is 17.7 Å². The fourth-order valence-electron chi connectivity index (χ4n) is 4.57. The van der Waals surface area contributed by atoms with Gasteiger partial charge in [0.2, 0.25) is 11.8 Å². The fraction of sp³-hybridized carbons (Fsp3) is 0.577. The van der Waals surface area contributed by atoms with E-state index < -0.39 is 0 Å². The molecule has 1 aliphatic carbocycles. The molecule has 32 heavy (non-hydrogen) atoms. The molecule has 4 rings (SSSR count). The maximum Gasteiger partial charge on any atom is 0.230 e. The summed E-state index contributed by atoms with van der Waals surface area (Å²) in [6.07, 6.45) is 13.8. The molecule has 6 heteroatoms. The van der Waals surface area contributed by atoms with Crippen LogP contribution in [0.4, 0.5) is 5.69 Å². The highest BCUT2D eigenvalue weighted by atomic mass is 16.2. The lowest BCUT2D eigenvalue weighted by Crippen LogP contribution is -2.36. The Hall–Kier alpha value is -2.63. The molecule has 2 amide bonds. The van der Waals surface area contributed by atoms with E-state index in [9.17, 15) is 9.59 Å². The van der Waals surface area contributed by atoms with Gasteiger partial charge in [-0.1, -0.05) is 43.9 Å². The van der Waals surface area contributed by atoms with Crippen molar-refractivity contribution in [3.63, 3.8) is 0 Å². The average molecular weight is 437 g/mol. The summed E-state index contributed by atoms with van der Waals surface area (Å²) in [7, 11) is 0. The van der Waals surface area contributed by atoms with Crippen LogP contribution in [0.25, 0.3) is 0 Å². The van der Waals surface area contributed by atoms with Gasteiger partial charge in [-0.25, -0.2) is 0 Å². The van der Waals surface area contributed by atoms with Gasteiger partial charge in [0.15, 0.2) is 0 Å². The molecule has 1 aliphatic heterocycles. The van der Waals surface area contributed by atoms with Crippen molar-refractivity contribution in [1.29, 1.82) is 0 Å². The van der Waals surface area contributed by atoms with Crippen LogP contribution in [-0.2, 0) is 22.7 Å². The Morgan fingerprint density at radius 2 is 1.69 bits per heavy atom. The van der Waals surface area contributed by atoms with Crippen molar-refractivity contribution < 1.29 is 9.59 Å². The highest BCUT2D eigenvalue weighted by molar-refractivity contribution is 5.97. The predicted octanol–water partition coefficient (Wildman–Crippen LogP) is 4.79. The van der Waals surface area contributed by atoms with Gasteiger partial charge in [0.05, 0.1) is 0 Å². The molecule has 0 N–H and O–H groups in total. The van der Waals surface area contributed by atoms with E-state index in [0.29, 0.717) is 13.0 Å². The Morgan fingerprint density at radius 3 is 2.44 bits per heavy atom. The topological polar surface area (TPSA) is 58.4 Å². The maximum atomic E-state index is 13.2. The Bertz CT molecular complexity index is 876. The maximum absolute atomic E-state index is 13.2. The molecule has 6 nitrogen and oxygen atoms in total. The molecule has 2 aliphatic rings. The number of carbonyl (C=O) groups is 2. The van der Waals surface area contributed by atoms with E-state index in [0.717, 1.165) is 75.8 Å². The number of amides is 2. The SMILES string of the molecule is O=C(CCCn1cccn1)N1CCCCCCCCN(C(=O)C2CC2)c2ccccc2C1. The highest BCUT2D eigenvalue weighted by Gasteiger charge is 2.34. The minimum absolute atomic E-state index is 0.193. The second kappa shape index (κ2) is 11.3. The average Bonchev–Trinajstić information content (AvgIpc) is 3.52. The normalized spacial score (nSPS) is 18.2. The van der Waals surface area contributed by atoms with Crippen LogP contribution in [0.2, 0.25) is 0 Å². The van der Waals surface area contributed by atoms with Crippen LogP contribution in [0.3, 0.4) is 0 Å². The third-order valence-corrected chi connectivity index (χ3v) is 6.59. The summed E-state index contributed by atoms with van der Waals surface area (Å²) < 4.78 is 1.88. The van der Waals surface area contributed by atoms with Crippen molar-refractivity contribution in [2.75, 3.05) is 18.0 Å². The first-order chi connectivity index (χ1) is 15.7. The van der Waals surface area contributed by atoms with E-state index in [1.165, 1.54) is 12.8 Å². The van der Waals surface area contributed by atoms with Gasteiger partial charge in [-0.05, 0) is 49.8 Å². The summed E-state index contributed by atoms with van der Waals surface area (Å²) >= 11 is 0. The van der Waals surface area contributed by atoms with Crippen LogP contribution >= 0.6 is 0 Å². The number of rotatable bonds is 5. The van der Waals surface area contributed by atoms with Crippen LogP contribution in [0.1, 0.15) is 69.8 Å². The molecular formula is C26H36N4O2. The monoisotopic (exact) mass is 436 g/mol. The summed E-state index contributed by atoms with van der Waals surface area (Å²) in [5.74, 6) is 0.657. The molecule has 0 atom stereocenters. The van der Waals surface area contributed by atoms with Gasteiger partial charge in [0, 0.05) is 56.6 Å². The number of para-hydroxylation sites is 1. The summed E-state index contributed by atoms with van der Waals surface area (Å²) in [5, 5.41) is 4.23. The van der Waals surface area contributed by atoms with Gasteiger partial charge in [-0.15, -0.1) is 0 Å². The third-order valence-electron chi connectivity index (χ3n) is 6.59. The number of carbonyl (C=O) groups excluding carboxylic acids is 2. The summed E-state index contributed by atoms with van der Waals surface area (Å²) in [6.45, 7) is 2.90. The minimum atomic E-state index is 0.193. The summed E-state index contributed by atoms with van der Waals surface area (Å²) in [5.41, 5.74) is 2.08. The molecule has 0 saturated heterocycles. The number of hydrogen-bond acceptors (Lipinski definition) is 3. The summed E-state index contributed by atoms with van der Waals surface area (Å²) in [6, 6.07) is 10.1. The second-order valence-electron chi connectivity index (χ2n) is 9.20. The van der Waals surface area contributed by atoms with Crippen LogP contribution in [0, 0.1) is 5.92 Å². The molecule has 2 aromatic rings. The van der Waals surface area contributed by atoms with Crippen molar-refractivity contribution in [2.45, 2.75) is 77.3 Å². The molecule has 0 spiro atoms. The minimum Gasteiger partial charge on any atom is -0.338 e. The number of aromatic nitrogens is 2. The molecular weight excluding hydrogens is 400 g/mol. The molecule has 1 fully saturated rings. The predicted molar refractivity (Wildman–Crippen MR) is 126 cm³/mol. The lowest BCUT2D eigenvalue weighted by molar-refractivity contribution is -0.132.